The number of hydrogen-bond donors (Lipinski definition) is 1. The molecular formula is C28H28N2O2. The quantitative estimate of drug-likeness (QED) is 0.456. The van der Waals surface area contributed by atoms with Gasteiger partial charge in [-0.05, 0) is 59.9 Å². The maximum Gasteiger partial charge on any atom is 0.123 e. The van der Waals surface area contributed by atoms with Gasteiger partial charge in [-0.1, -0.05) is 48.5 Å². The number of pyridine rings is 1. The van der Waals surface area contributed by atoms with Gasteiger partial charge in [0.15, 0.2) is 0 Å². The van der Waals surface area contributed by atoms with Crippen LogP contribution in [0.15, 0.2) is 85.1 Å². The first kappa shape index (κ1) is 20.7. The van der Waals surface area contributed by atoms with E-state index in [4.69, 9.17) is 4.74 Å². The zero-order valence-corrected chi connectivity index (χ0v) is 18.2. The highest BCUT2D eigenvalue weighted by atomic mass is 16.5. The summed E-state index contributed by atoms with van der Waals surface area (Å²) in [6.45, 7) is 3.19. The number of hydrogen-bond acceptors (Lipinski definition) is 4. The Kier molecular flexibility index (Phi) is 6.15. The fourth-order valence-electron chi connectivity index (χ4n) is 4.41. The molecule has 0 spiro atoms. The Bertz CT molecular complexity index is 1190. The minimum atomic E-state index is -0.481. The van der Waals surface area contributed by atoms with Crippen molar-refractivity contribution in [2.24, 2.45) is 0 Å². The van der Waals surface area contributed by atoms with Gasteiger partial charge in [0.1, 0.15) is 12.4 Å². The molecule has 162 valence electrons. The standard InChI is InChI=1S/C28H28N2O2/c31-27(12-9-21-5-2-1-3-6-21)24-10-13-28-25(18-24)20-30(15-16-32-28)19-22-8-11-26-23(17-22)7-4-14-29-26/h1-8,10-11,13-14,17-18,27,31H,9,12,15-16,19-20H2. The van der Waals surface area contributed by atoms with Crippen LogP contribution < -0.4 is 4.74 Å². The summed E-state index contributed by atoms with van der Waals surface area (Å²) in [5.74, 6) is 0.925. The summed E-state index contributed by atoms with van der Waals surface area (Å²) in [7, 11) is 0. The largest absolute Gasteiger partial charge is 0.492 e. The lowest BCUT2D eigenvalue weighted by molar-refractivity contribution is 0.167. The Labute approximate surface area is 189 Å². The Balaban J connectivity index is 1.29. The molecule has 0 saturated carbocycles. The molecule has 0 aliphatic carbocycles. The van der Waals surface area contributed by atoms with Gasteiger partial charge >= 0.3 is 0 Å². The van der Waals surface area contributed by atoms with Crippen LogP contribution in [0.1, 0.15) is 34.8 Å². The third-order valence-corrected chi connectivity index (χ3v) is 6.15. The first-order chi connectivity index (χ1) is 15.7. The van der Waals surface area contributed by atoms with E-state index in [9.17, 15) is 5.11 Å². The molecule has 32 heavy (non-hydrogen) atoms. The second kappa shape index (κ2) is 9.51. The molecule has 0 bridgehead atoms. The Hall–Kier alpha value is -3.21. The SMILES string of the molecule is OC(CCc1ccccc1)c1ccc2c(c1)CN(Cc1ccc3ncccc3c1)CCO2. The van der Waals surface area contributed by atoms with E-state index in [-0.39, 0.29) is 0 Å². The highest BCUT2D eigenvalue weighted by molar-refractivity contribution is 5.78. The number of aryl methyl sites for hydroxylation is 1. The molecule has 2 heterocycles. The maximum atomic E-state index is 10.8. The number of ether oxygens (including phenoxy) is 1. The van der Waals surface area contributed by atoms with E-state index in [1.165, 1.54) is 16.5 Å². The van der Waals surface area contributed by atoms with Crippen molar-refractivity contribution in [3.63, 3.8) is 0 Å². The minimum Gasteiger partial charge on any atom is -0.492 e. The summed E-state index contributed by atoms with van der Waals surface area (Å²) in [5.41, 5.74) is 5.65. The fourth-order valence-corrected chi connectivity index (χ4v) is 4.41. The Morgan fingerprint density at radius 3 is 2.75 bits per heavy atom. The van der Waals surface area contributed by atoms with Crippen molar-refractivity contribution in [1.82, 2.24) is 9.88 Å². The first-order valence-corrected chi connectivity index (χ1v) is 11.3. The number of rotatable bonds is 6. The van der Waals surface area contributed by atoms with Crippen molar-refractivity contribution >= 4 is 10.9 Å². The van der Waals surface area contributed by atoms with Crippen LogP contribution in [0, 0.1) is 0 Å². The molecule has 4 heteroatoms. The second-order valence-electron chi connectivity index (χ2n) is 8.50. The number of aliphatic hydroxyl groups excluding tert-OH is 1. The zero-order valence-electron chi connectivity index (χ0n) is 18.2. The van der Waals surface area contributed by atoms with E-state index in [1.807, 2.05) is 42.6 Å². The molecule has 4 nitrogen and oxygen atoms in total. The number of aromatic nitrogens is 1. The van der Waals surface area contributed by atoms with Crippen LogP contribution in [0.5, 0.6) is 5.75 Å². The van der Waals surface area contributed by atoms with Crippen LogP contribution in [-0.2, 0) is 19.5 Å². The lowest BCUT2D eigenvalue weighted by Crippen LogP contribution is -2.25. The summed E-state index contributed by atoms with van der Waals surface area (Å²) in [6.07, 6.45) is 2.92. The van der Waals surface area contributed by atoms with E-state index in [0.29, 0.717) is 13.0 Å². The molecule has 1 aromatic heterocycles. The zero-order chi connectivity index (χ0) is 21.8. The van der Waals surface area contributed by atoms with Gasteiger partial charge in [0, 0.05) is 36.8 Å². The van der Waals surface area contributed by atoms with Gasteiger partial charge in [-0.25, -0.2) is 0 Å². The van der Waals surface area contributed by atoms with Crippen molar-refractivity contribution in [1.29, 1.82) is 0 Å². The van der Waals surface area contributed by atoms with Crippen LogP contribution in [0.4, 0.5) is 0 Å². The number of fused-ring (bicyclic) bond motifs is 2. The molecule has 0 radical (unpaired) electrons. The third kappa shape index (κ3) is 4.82. The van der Waals surface area contributed by atoms with Gasteiger partial charge in [-0.15, -0.1) is 0 Å². The fraction of sp³-hybridized carbons (Fsp3) is 0.250. The average Bonchev–Trinajstić information content (AvgIpc) is 3.04. The van der Waals surface area contributed by atoms with Gasteiger partial charge in [-0.3, -0.25) is 9.88 Å². The summed E-state index contributed by atoms with van der Waals surface area (Å²) < 4.78 is 6.02. The predicted molar refractivity (Wildman–Crippen MR) is 128 cm³/mol. The van der Waals surface area contributed by atoms with Crippen molar-refractivity contribution in [3.05, 3.63) is 107 Å². The first-order valence-electron chi connectivity index (χ1n) is 11.3. The smallest absolute Gasteiger partial charge is 0.123 e. The lowest BCUT2D eigenvalue weighted by atomic mass is 9.99. The molecule has 0 saturated heterocycles. The molecular weight excluding hydrogens is 396 g/mol. The molecule has 0 fully saturated rings. The van der Waals surface area contributed by atoms with Crippen LogP contribution in [0.3, 0.4) is 0 Å². The normalized spacial score (nSPS) is 15.0. The van der Waals surface area contributed by atoms with Gasteiger partial charge < -0.3 is 9.84 Å². The van der Waals surface area contributed by atoms with Gasteiger partial charge in [0.2, 0.25) is 0 Å². The van der Waals surface area contributed by atoms with Crippen LogP contribution in [-0.4, -0.2) is 28.1 Å². The lowest BCUT2D eigenvalue weighted by Gasteiger charge is -2.20. The van der Waals surface area contributed by atoms with Gasteiger partial charge in [0.25, 0.3) is 0 Å². The number of nitrogens with zero attached hydrogens (tertiary/aromatic N) is 2. The van der Waals surface area contributed by atoms with E-state index in [2.05, 4.69) is 52.3 Å². The third-order valence-electron chi connectivity index (χ3n) is 6.15. The van der Waals surface area contributed by atoms with Crippen LogP contribution in [0.2, 0.25) is 0 Å². The second-order valence-corrected chi connectivity index (χ2v) is 8.50. The maximum absolute atomic E-state index is 10.8. The van der Waals surface area contributed by atoms with E-state index < -0.39 is 6.10 Å². The summed E-state index contributed by atoms with van der Waals surface area (Å²) in [6, 6.07) is 27.0. The molecule has 1 N–H and O–H groups in total. The molecule has 1 aliphatic heterocycles. The van der Waals surface area contributed by atoms with E-state index >= 15 is 0 Å². The van der Waals surface area contributed by atoms with Gasteiger partial charge in [0.05, 0.1) is 11.6 Å². The van der Waals surface area contributed by atoms with Crippen molar-refractivity contribution < 1.29 is 9.84 Å². The predicted octanol–water partition coefficient (Wildman–Crippen LogP) is 5.30. The highest BCUT2D eigenvalue weighted by Gasteiger charge is 2.18. The van der Waals surface area contributed by atoms with Crippen molar-refractivity contribution in [3.8, 4) is 5.75 Å². The minimum absolute atomic E-state index is 0.481. The van der Waals surface area contributed by atoms with Gasteiger partial charge in [-0.2, -0.15) is 0 Å². The molecule has 1 unspecified atom stereocenters. The van der Waals surface area contributed by atoms with Crippen LogP contribution >= 0.6 is 0 Å². The number of aliphatic hydroxyl groups is 1. The molecule has 1 aliphatic rings. The molecule has 5 rings (SSSR count). The molecule has 3 aromatic carbocycles. The van der Waals surface area contributed by atoms with E-state index in [1.54, 1.807) is 0 Å². The summed E-state index contributed by atoms with van der Waals surface area (Å²) in [5, 5.41) is 12.0. The average molecular weight is 425 g/mol. The number of benzene rings is 3. The Morgan fingerprint density at radius 2 is 1.84 bits per heavy atom. The molecule has 0 amide bonds. The van der Waals surface area contributed by atoms with Crippen molar-refractivity contribution in [2.75, 3.05) is 13.2 Å². The Morgan fingerprint density at radius 1 is 0.938 bits per heavy atom. The summed E-state index contributed by atoms with van der Waals surface area (Å²) >= 11 is 0. The monoisotopic (exact) mass is 424 g/mol. The van der Waals surface area contributed by atoms with Crippen LogP contribution in [0.25, 0.3) is 10.9 Å². The highest BCUT2D eigenvalue weighted by Crippen LogP contribution is 2.29. The summed E-state index contributed by atoms with van der Waals surface area (Å²) in [4.78, 5) is 6.82. The van der Waals surface area contributed by atoms with Crippen molar-refractivity contribution in [2.45, 2.75) is 32.0 Å². The molecule has 1 atom stereocenters. The van der Waals surface area contributed by atoms with E-state index in [0.717, 1.165) is 48.4 Å². The molecule has 4 aromatic rings. The topological polar surface area (TPSA) is 45.6 Å².